The molecule has 0 aromatic heterocycles. The van der Waals surface area contributed by atoms with E-state index in [1.807, 2.05) is 25.1 Å². The molecular formula is C14H20O. The van der Waals surface area contributed by atoms with Gasteiger partial charge in [-0.1, -0.05) is 39.0 Å². The molecule has 1 aromatic rings. The molecule has 0 spiro atoms. The second kappa shape index (κ2) is 4.09. The van der Waals surface area contributed by atoms with E-state index in [2.05, 4.69) is 33.8 Å². The molecule has 0 radical (unpaired) electrons. The molecule has 0 aliphatic heterocycles. The van der Waals surface area contributed by atoms with Gasteiger partial charge < -0.3 is 5.11 Å². The minimum atomic E-state index is -0.0214. The Morgan fingerprint density at radius 3 is 2.27 bits per heavy atom. The summed E-state index contributed by atoms with van der Waals surface area (Å²) in [5.74, 6) is 0.409. The van der Waals surface area contributed by atoms with Gasteiger partial charge in [0.15, 0.2) is 0 Å². The quantitative estimate of drug-likeness (QED) is 0.732. The fraction of sp³-hybridized carbons (Fsp3) is 0.429. The van der Waals surface area contributed by atoms with Crippen molar-refractivity contribution in [3.05, 3.63) is 34.9 Å². The molecule has 0 atom stereocenters. The maximum atomic E-state index is 10.1. The molecule has 0 aliphatic carbocycles. The molecule has 1 heteroatoms. The van der Waals surface area contributed by atoms with Crippen LogP contribution in [0.4, 0.5) is 0 Å². The van der Waals surface area contributed by atoms with Gasteiger partial charge in [0, 0.05) is 11.1 Å². The number of aromatic hydroxyl groups is 1. The molecule has 0 saturated heterocycles. The second-order valence-electron chi connectivity index (χ2n) is 5.00. The lowest BCUT2D eigenvalue weighted by molar-refractivity contribution is 0.445. The van der Waals surface area contributed by atoms with Crippen molar-refractivity contribution in [1.29, 1.82) is 0 Å². The number of phenolic OH excluding ortho intramolecular Hbond substituents is 1. The molecule has 0 saturated carbocycles. The summed E-state index contributed by atoms with van der Waals surface area (Å²) >= 11 is 0. The van der Waals surface area contributed by atoms with Crippen molar-refractivity contribution in [2.75, 3.05) is 0 Å². The molecule has 15 heavy (non-hydrogen) atoms. The lowest BCUT2D eigenvalue weighted by Gasteiger charge is -2.22. The van der Waals surface area contributed by atoms with Crippen LogP contribution in [0.1, 0.15) is 44.4 Å². The Hall–Kier alpha value is -1.24. The van der Waals surface area contributed by atoms with E-state index in [0.717, 1.165) is 11.1 Å². The number of phenols is 1. The van der Waals surface area contributed by atoms with Crippen LogP contribution in [0.25, 0.3) is 6.08 Å². The maximum Gasteiger partial charge on any atom is 0.126 e. The van der Waals surface area contributed by atoms with Crippen molar-refractivity contribution >= 4 is 6.08 Å². The Kier molecular flexibility index (Phi) is 3.23. The molecule has 0 aliphatic rings. The van der Waals surface area contributed by atoms with E-state index in [9.17, 15) is 5.11 Å². The molecule has 0 amide bonds. The molecule has 1 aromatic carbocycles. The van der Waals surface area contributed by atoms with Crippen LogP contribution >= 0.6 is 0 Å². The highest BCUT2D eigenvalue weighted by molar-refractivity contribution is 5.61. The van der Waals surface area contributed by atoms with Crippen LogP contribution in [0.15, 0.2) is 18.2 Å². The van der Waals surface area contributed by atoms with E-state index in [4.69, 9.17) is 0 Å². The lowest BCUT2D eigenvalue weighted by atomic mass is 9.84. The van der Waals surface area contributed by atoms with Crippen molar-refractivity contribution in [3.63, 3.8) is 0 Å². The van der Waals surface area contributed by atoms with Gasteiger partial charge in [-0.3, -0.25) is 0 Å². The Labute approximate surface area is 92.5 Å². The zero-order chi connectivity index (χ0) is 11.6. The number of allylic oxidation sites excluding steroid dienone is 1. The highest BCUT2D eigenvalue weighted by Gasteiger charge is 2.19. The molecule has 1 rings (SSSR count). The number of rotatable bonds is 1. The Morgan fingerprint density at radius 1 is 1.20 bits per heavy atom. The molecule has 82 valence electrons. The summed E-state index contributed by atoms with van der Waals surface area (Å²) in [7, 11) is 0. The standard InChI is InChI=1S/C14H20O/c1-6-7-11-8-10(2)9-12(13(11)15)14(3,4)5/h6-9,15H,1-5H3/b7-6-. The van der Waals surface area contributed by atoms with Crippen molar-refractivity contribution in [3.8, 4) is 5.75 Å². The van der Waals surface area contributed by atoms with Crippen LogP contribution in [-0.4, -0.2) is 5.11 Å². The summed E-state index contributed by atoms with van der Waals surface area (Å²) in [5, 5.41) is 10.1. The van der Waals surface area contributed by atoms with Gasteiger partial charge in [0.25, 0.3) is 0 Å². The highest BCUT2D eigenvalue weighted by atomic mass is 16.3. The number of hydrogen-bond acceptors (Lipinski definition) is 1. The van der Waals surface area contributed by atoms with Gasteiger partial charge >= 0.3 is 0 Å². The predicted octanol–water partition coefficient (Wildman–Crippen LogP) is 4.03. The van der Waals surface area contributed by atoms with Crippen molar-refractivity contribution in [1.82, 2.24) is 0 Å². The van der Waals surface area contributed by atoms with E-state index in [-0.39, 0.29) is 5.41 Å². The largest absolute Gasteiger partial charge is 0.507 e. The first kappa shape index (κ1) is 11.8. The van der Waals surface area contributed by atoms with Crippen LogP contribution in [0.3, 0.4) is 0 Å². The second-order valence-corrected chi connectivity index (χ2v) is 5.00. The van der Waals surface area contributed by atoms with Gasteiger partial charge in [-0.25, -0.2) is 0 Å². The first-order valence-corrected chi connectivity index (χ1v) is 5.33. The fourth-order valence-electron chi connectivity index (χ4n) is 1.69. The average Bonchev–Trinajstić information content (AvgIpc) is 2.09. The number of hydrogen-bond donors (Lipinski definition) is 1. The van der Waals surface area contributed by atoms with E-state index in [1.165, 1.54) is 5.56 Å². The van der Waals surface area contributed by atoms with Crippen LogP contribution in [-0.2, 0) is 5.41 Å². The predicted molar refractivity (Wildman–Crippen MR) is 66.3 cm³/mol. The minimum Gasteiger partial charge on any atom is -0.507 e. The SMILES string of the molecule is C/C=C\c1cc(C)cc(C(C)(C)C)c1O. The molecule has 1 nitrogen and oxygen atoms in total. The van der Waals surface area contributed by atoms with Crippen LogP contribution < -0.4 is 0 Å². The number of benzene rings is 1. The van der Waals surface area contributed by atoms with Crippen LogP contribution in [0, 0.1) is 6.92 Å². The Morgan fingerprint density at radius 2 is 1.80 bits per heavy atom. The first-order valence-electron chi connectivity index (χ1n) is 5.33. The van der Waals surface area contributed by atoms with Gasteiger partial charge in [-0.05, 0) is 30.9 Å². The third-order valence-electron chi connectivity index (χ3n) is 2.44. The van der Waals surface area contributed by atoms with Gasteiger partial charge in [-0.2, -0.15) is 0 Å². The molecule has 0 bridgehead atoms. The van der Waals surface area contributed by atoms with Crippen molar-refractivity contribution < 1.29 is 5.11 Å². The Balaban J connectivity index is 3.41. The normalized spacial score (nSPS) is 12.3. The van der Waals surface area contributed by atoms with E-state index in [0.29, 0.717) is 5.75 Å². The topological polar surface area (TPSA) is 20.2 Å². The van der Waals surface area contributed by atoms with E-state index < -0.39 is 0 Å². The minimum absolute atomic E-state index is 0.0214. The summed E-state index contributed by atoms with van der Waals surface area (Å²) in [6.45, 7) is 10.4. The van der Waals surface area contributed by atoms with Crippen molar-refractivity contribution in [2.24, 2.45) is 0 Å². The zero-order valence-corrected chi connectivity index (χ0v) is 10.3. The molecule has 1 N–H and O–H groups in total. The lowest BCUT2D eigenvalue weighted by Crippen LogP contribution is -2.12. The summed E-state index contributed by atoms with van der Waals surface area (Å²) < 4.78 is 0. The monoisotopic (exact) mass is 204 g/mol. The third-order valence-corrected chi connectivity index (χ3v) is 2.44. The smallest absolute Gasteiger partial charge is 0.126 e. The van der Waals surface area contributed by atoms with Gasteiger partial charge in [0.05, 0.1) is 0 Å². The third kappa shape index (κ3) is 2.62. The first-order chi connectivity index (χ1) is 6.86. The fourth-order valence-corrected chi connectivity index (χ4v) is 1.69. The molecular weight excluding hydrogens is 184 g/mol. The molecule has 0 unspecified atom stereocenters. The highest BCUT2D eigenvalue weighted by Crippen LogP contribution is 2.34. The van der Waals surface area contributed by atoms with E-state index >= 15 is 0 Å². The average molecular weight is 204 g/mol. The molecule has 0 fully saturated rings. The maximum absolute atomic E-state index is 10.1. The van der Waals surface area contributed by atoms with E-state index in [1.54, 1.807) is 0 Å². The van der Waals surface area contributed by atoms with Gasteiger partial charge in [0.2, 0.25) is 0 Å². The van der Waals surface area contributed by atoms with Crippen molar-refractivity contribution in [2.45, 2.75) is 40.0 Å². The summed E-state index contributed by atoms with van der Waals surface area (Å²) in [6, 6.07) is 4.06. The van der Waals surface area contributed by atoms with Gasteiger partial charge in [0.1, 0.15) is 5.75 Å². The van der Waals surface area contributed by atoms with Gasteiger partial charge in [-0.15, -0.1) is 0 Å². The number of aryl methyl sites for hydroxylation is 1. The van der Waals surface area contributed by atoms with Crippen LogP contribution in [0.2, 0.25) is 0 Å². The van der Waals surface area contributed by atoms with Crippen LogP contribution in [0.5, 0.6) is 5.75 Å². The zero-order valence-electron chi connectivity index (χ0n) is 10.3. The summed E-state index contributed by atoms with van der Waals surface area (Å²) in [6.07, 6.45) is 3.89. The summed E-state index contributed by atoms with van der Waals surface area (Å²) in [4.78, 5) is 0. The summed E-state index contributed by atoms with van der Waals surface area (Å²) in [5.41, 5.74) is 3.08. The molecule has 0 heterocycles. The Bertz CT molecular complexity index is 381.